The van der Waals surface area contributed by atoms with Gasteiger partial charge in [0.1, 0.15) is 5.75 Å². The number of thiophene rings is 1. The number of hydrogen-bond acceptors (Lipinski definition) is 6. The standard InChI is InChI=1S/C22H21N3OS.C2HF3O2/c1-2-23-14-15-5-3-6-16(11-15)21-13-20-22(27-21)19(9-10-24-20)25-17-7-4-8-18(26)12-17;3-2(4,5)1(6)7/h3-13,23,26H,2,14H2,1H3,(H,24,25);(H,6,7). The van der Waals surface area contributed by atoms with Gasteiger partial charge in [0.25, 0.3) is 0 Å². The monoisotopic (exact) mass is 489 g/mol. The first-order chi connectivity index (χ1) is 16.2. The van der Waals surface area contributed by atoms with Gasteiger partial charge in [-0.25, -0.2) is 4.79 Å². The number of nitrogens with one attached hydrogen (secondary N) is 2. The largest absolute Gasteiger partial charge is 0.508 e. The normalized spacial score (nSPS) is 11.1. The highest BCUT2D eigenvalue weighted by atomic mass is 32.1. The maximum absolute atomic E-state index is 10.6. The molecule has 4 rings (SSSR count). The molecule has 0 aliphatic rings. The fraction of sp³-hybridized carbons (Fsp3) is 0.167. The number of fused-ring (bicyclic) bond motifs is 1. The van der Waals surface area contributed by atoms with Crippen molar-refractivity contribution in [1.82, 2.24) is 10.3 Å². The van der Waals surface area contributed by atoms with E-state index in [0.717, 1.165) is 34.7 Å². The van der Waals surface area contributed by atoms with Gasteiger partial charge < -0.3 is 20.8 Å². The minimum Gasteiger partial charge on any atom is -0.508 e. The molecule has 0 unspecified atom stereocenters. The number of rotatable bonds is 6. The van der Waals surface area contributed by atoms with E-state index < -0.39 is 12.1 Å². The average molecular weight is 490 g/mol. The van der Waals surface area contributed by atoms with Crippen molar-refractivity contribution in [2.24, 2.45) is 0 Å². The molecular weight excluding hydrogens is 467 g/mol. The molecule has 0 aliphatic heterocycles. The van der Waals surface area contributed by atoms with Crippen molar-refractivity contribution in [1.29, 1.82) is 0 Å². The molecular formula is C24H22F3N3O3S. The van der Waals surface area contributed by atoms with Crippen molar-refractivity contribution < 1.29 is 28.2 Å². The quantitative estimate of drug-likeness (QED) is 0.259. The molecule has 34 heavy (non-hydrogen) atoms. The van der Waals surface area contributed by atoms with Gasteiger partial charge in [0.2, 0.25) is 0 Å². The van der Waals surface area contributed by atoms with Gasteiger partial charge in [0.15, 0.2) is 0 Å². The van der Waals surface area contributed by atoms with Crippen LogP contribution in [0.1, 0.15) is 12.5 Å². The predicted octanol–water partition coefficient (Wildman–Crippen LogP) is 6.16. The van der Waals surface area contributed by atoms with Gasteiger partial charge in [-0.2, -0.15) is 13.2 Å². The van der Waals surface area contributed by atoms with Crippen molar-refractivity contribution in [2.45, 2.75) is 19.6 Å². The molecule has 4 N–H and O–H groups in total. The van der Waals surface area contributed by atoms with E-state index in [4.69, 9.17) is 9.90 Å². The number of aromatic hydroxyl groups is 1. The first kappa shape index (κ1) is 25.0. The molecule has 0 saturated heterocycles. The van der Waals surface area contributed by atoms with Crippen LogP contribution < -0.4 is 10.6 Å². The number of phenolic OH excluding ortho intramolecular Hbond substituents is 1. The highest BCUT2D eigenvalue weighted by molar-refractivity contribution is 7.22. The predicted molar refractivity (Wildman–Crippen MR) is 128 cm³/mol. The van der Waals surface area contributed by atoms with Crippen LogP contribution in [0.15, 0.2) is 66.9 Å². The Labute approximate surface area is 197 Å². The molecule has 0 atom stereocenters. The number of nitrogens with zero attached hydrogens (tertiary/aromatic N) is 1. The molecule has 178 valence electrons. The first-order valence-corrected chi connectivity index (χ1v) is 11.0. The molecule has 10 heteroatoms. The Morgan fingerprint density at radius 3 is 2.50 bits per heavy atom. The third-order valence-electron chi connectivity index (χ3n) is 4.57. The lowest BCUT2D eigenvalue weighted by Crippen LogP contribution is -2.21. The summed E-state index contributed by atoms with van der Waals surface area (Å²) in [7, 11) is 0. The van der Waals surface area contributed by atoms with Crippen molar-refractivity contribution in [3.63, 3.8) is 0 Å². The molecule has 0 aliphatic carbocycles. The average Bonchev–Trinajstić information content (AvgIpc) is 3.23. The van der Waals surface area contributed by atoms with Gasteiger partial charge in [-0.1, -0.05) is 31.2 Å². The molecule has 6 nitrogen and oxygen atoms in total. The molecule has 0 fully saturated rings. The molecule has 2 heterocycles. The smallest absolute Gasteiger partial charge is 0.490 e. The van der Waals surface area contributed by atoms with E-state index in [9.17, 15) is 18.3 Å². The summed E-state index contributed by atoms with van der Waals surface area (Å²) in [4.78, 5) is 14.6. The Morgan fingerprint density at radius 1 is 1.09 bits per heavy atom. The number of carboxylic acids is 1. The van der Waals surface area contributed by atoms with Crippen LogP contribution in [-0.2, 0) is 11.3 Å². The van der Waals surface area contributed by atoms with E-state index in [0.29, 0.717) is 0 Å². The van der Waals surface area contributed by atoms with Gasteiger partial charge in [-0.3, -0.25) is 4.98 Å². The van der Waals surface area contributed by atoms with Crippen LogP contribution in [-0.4, -0.2) is 33.9 Å². The Hall–Kier alpha value is -3.63. The summed E-state index contributed by atoms with van der Waals surface area (Å²) in [5.41, 5.74) is 5.29. The Morgan fingerprint density at radius 2 is 1.82 bits per heavy atom. The van der Waals surface area contributed by atoms with Gasteiger partial charge in [-0.05, 0) is 48.0 Å². The number of carboxylic acid groups (broad SMARTS) is 1. The van der Waals surface area contributed by atoms with Crippen molar-refractivity contribution in [2.75, 3.05) is 11.9 Å². The van der Waals surface area contributed by atoms with Crippen LogP contribution in [0.3, 0.4) is 0 Å². The number of aromatic nitrogens is 1. The van der Waals surface area contributed by atoms with Gasteiger partial charge >= 0.3 is 12.1 Å². The minimum absolute atomic E-state index is 0.245. The highest BCUT2D eigenvalue weighted by Crippen LogP contribution is 2.37. The lowest BCUT2D eigenvalue weighted by atomic mass is 10.1. The summed E-state index contributed by atoms with van der Waals surface area (Å²) >= 11 is 1.73. The van der Waals surface area contributed by atoms with Crippen LogP contribution >= 0.6 is 11.3 Å². The second-order valence-electron chi connectivity index (χ2n) is 7.14. The summed E-state index contributed by atoms with van der Waals surface area (Å²) < 4.78 is 32.8. The molecule has 2 aromatic heterocycles. The van der Waals surface area contributed by atoms with E-state index in [2.05, 4.69) is 52.9 Å². The van der Waals surface area contributed by atoms with Crippen LogP contribution in [0.25, 0.3) is 20.7 Å². The van der Waals surface area contributed by atoms with Crippen LogP contribution in [0.4, 0.5) is 24.5 Å². The zero-order valence-corrected chi connectivity index (χ0v) is 18.9. The topological polar surface area (TPSA) is 94.5 Å². The number of hydrogen-bond donors (Lipinski definition) is 4. The Kier molecular flexibility index (Phi) is 8.08. The van der Waals surface area contributed by atoms with Crippen LogP contribution in [0.5, 0.6) is 5.75 Å². The number of phenols is 1. The number of benzene rings is 2. The summed E-state index contributed by atoms with van der Waals surface area (Å²) in [6.45, 7) is 3.95. The number of anilines is 2. The maximum Gasteiger partial charge on any atom is 0.490 e. The van der Waals surface area contributed by atoms with E-state index in [1.807, 2.05) is 24.4 Å². The number of halogens is 3. The summed E-state index contributed by atoms with van der Waals surface area (Å²) in [6, 6.07) is 19.9. The Balaban J connectivity index is 0.000000406. The second-order valence-corrected chi connectivity index (χ2v) is 8.19. The van der Waals surface area contributed by atoms with E-state index in [1.165, 1.54) is 16.0 Å². The van der Waals surface area contributed by atoms with Gasteiger partial charge in [0.05, 0.1) is 15.9 Å². The number of alkyl halides is 3. The molecule has 0 radical (unpaired) electrons. The molecule has 0 amide bonds. The molecule has 4 aromatic rings. The number of pyridine rings is 1. The van der Waals surface area contributed by atoms with Crippen molar-refractivity contribution in [3.8, 4) is 16.2 Å². The third-order valence-corrected chi connectivity index (χ3v) is 5.78. The summed E-state index contributed by atoms with van der Waals surface area (Å²) in [6.07, 6.45) is -3.27. The highest BCUT2D eigenvalue weighted by Gasteiger charge is 2.38. The molecule has 0 saturated carbocycles. The second kappa shape index (κ2) is 11.0. The van der Waals surface area contributed by atoms with Crippen molar-refractivity contribution in [3.05, 3.63) is 72.4 Å². The first-order valence-electron chi connectivity index (χ1n) is 10.2. The number of aliphatic carboxylic acids is 1. The summed E-state index contributed by atoms with van der Waals surface area (Å²) in [5.74, 6) is -2.51. The zero-order chi connectivity index (χ0) is 24.7. The number of carbonyl (C=O) groups is 1. The lowest BCUT2D eigenvalue weighted by Gasteiger charge is -2.07. The molecule has 2 aromatic carbocycles. The van der Waals surface area contributed by atoms with E-state index in [1.54, 1.807) is 23.5 Å². The van der Waals surface area contributed by atoms with E-state index >= 15 is 0 Å². The SMILES string of the molecule is CCNCc1cccc(-c2cc3nccc(Nc4cccc(O)c4)c3s2)c1.O=C(O)C(F)(F)F. The lowest BCUT2D eigenvalue weighted by molar-refractivity contribution is -0.192. The van der Waals surface area contributed by atoms with Crippen LogP contribution in [0, 0.1) is 0 Å². The zero-order valence-electron chi connectivity index (χ0n) is 18.1. The maximum atomic E-state index is 10.6. The van der Waals surface area contributed by atoms with Crippen LogP contribution in [0.2, 0.25) is 0 Å². The minimum atomic E-state index is -5.08. The fourth-order valence-corrected chi connectivity index (χ4v) is 4.10. The van der Waals surface area contributed by atoms with E-state index in [-0.39, 0.29) is 5.75 Å². The van der Waals surface area contributed by atoms with Crippen molar-refractivity contribution >= 4 is 38.9 Å². The Bertz CT molecular complexity index is 1280. The third kappa shape index (κ3) is 6.69. The van der Waals surface area contributed by atoms with Gasteiger partial charge in [0, 0.05) is 29.4 Å². The molecule has 0 spiro atoms. The fourth-order valence-electron chi connectivity index (χ4n) is 3.02. The molecule has 0 bridgehead atoms. The van der Waals surface area contributed by atoms with Gasteiger partial charge in [-0.15, -0.1) is 11.3 Å². The summed E-state index contributed by atoms with van der Waals surface area (Å²) in [5, 5.41) is 23.6.